The molecule has 2 amide bonds. The predicted molar refractivity (Wildman–Crippen MR) is 126 cm³/mol. The SMILES string of the molecule is CC(C)CC[C@H](CC(=O)O)C(=O)N[C@@H](CC1CCCCC1)C(=O)NCCc1ccccc1. The van der Waals surface area contributed by atoms with Crippen LogP contribution < -0.4 is 10.6 Å². The summed E-state index contributed by atoms with van der Waals surface area (Å²) in [7, 11) is 0. The Hall–Kier alpha value is -2.37. The molecule has 6 heteroatoms. The van der Waals surface area contributed by atoms with Crippen molar-refractivity contribution in [2.24, 2.45) is 17.8 Å². The van der Waals surface area contributed by atoms with Gasteiger partial charge in [0.1, 0.15) is 6.04 Å². The predicted octanol–water partition coefficient (Wildman–Crippen LogP) is 4.33. The van der Waals surface area contributed by atoms with Crippen LogP contribution in [-0.2, 0) is 20.8 Å². The van der Waals surface area contributed by atoms with Gasteiger partial charge in [0.05, 0.1) is 6.42 Å². The second kappa shape index (κ2) is 13.9. The van der Waals surface area contributed by atoms with Crippen molar-refractivity contribution < 1.29 is 19.5 Å². The molecule has 0 aliphatic heterocycles. The first kappa shape index (κ1) is 25.9. The van der Waals surface area contributed by atoms with Crippen molar-refractivity contribution in [2.45, 2.75) is 84.1 Å². The summed E-state index contributed by atoms with van der Waals surface area (Å²) in [5.74, 6) is -1.27. The highest BCUT2D eigenvalue weighted by molar-refractivity contribution is 5.89. The van der Waals surface area contributed by atoms with Gasteiger partial charge in [-0.2, -0.15) is 0 Å². The molecule has 1 fully saturated rings. The molecule has 0 radical (unpaired) electrons. The molecule has 3 N–H and O–H groups in total. The van der Waals surface area contributed by atoms with Crippen LogP contribution >= 0.6 is 0 Å². The van der Waals surface area contributed by atoms with E-state index in [-0.39, 0.29) is 18.2 Å². The molecule has 0 saturated heterocycles. The molecule has 2 atom stereocenters. The molecule has 0 spiro atoms. The molecular weight excluding hydrogens is 404 g/mol. The second-order valence-electron chi connectivity index (χ2n) is 9.59. The molecule has 6 nitrogen and oxygen atoms in total. The Labute approximate surface area is 192 Å². The van der Waals surface area contributed by atoms with Crippen LogP contribution in [-0.4, -0.2) is 35.5 Å². The molecule has 32 heavy (non-hydrogen) atoms. The highest BCUT2D eigenvalue weighted by Gasteiger charge is 2.29. The number of nitrogens with one attached hydrogen (secondary N) is 2. The minimum Gasteiger partial charge on any atom is -0.481 e. The van der Waals surface area contributed by atoms with Crippen LogP contribution in [0.15, 0.2) is 30.3 Å². The lowest BCUT2D eigenvalue weighted by molar-refractivity contribution is -0.141. The number of aliphatic carboxylic acids is 1. The molecule has 0 bridgehead atoms. The van der Waals surface area contributed by atoms with Crippen molar-refractivity contribution in [1.29, 1.82) is 0 Å². The molecule has 1 aromatic carbocycles. The van der Waals surface area contributed by atoms with E-state index >= 15 is 0 Å². The van der Waals surface area contributed by atoms with E-state index in [2.05, 4.69) is 24.5 Å². The van der Waals surface area contributed by atoms with Crippen LogP contribution in [0.2, 0.25) is 0 Å². The summed E-state index contributed by atoms with van der Waals surface area (Å²) in [6.45, 7) is 4.62. The Bertz CT molecular complexity index is 714. The highest BCUT2D eigenvalue weighted by atomic mass is 16.4. The Morgan fingerprint density at radius 1 is 1.00 bits per heavy atom. The van der Waals surface area contributed by atoms with E-state index < -0.39 is 17.9 Å². The Kier molecular flexibility index (Phi) is 11.3. The van der Waals surface area contributed by atoms with E-state index in [0.29, 0.717) is 31.2 Å². The van der Waals surface area contributed by atoms with Gasteiger partial charge in [-0.15, -0.1) is 0 Å². The molecule has 178 valence electrons. The first-order valence-corrected chi connectivity index (χ1v) is 12.2. The normalized spacial score (nSPS) is 16.3. The minimum absolute atomic E-state index is 0.169. The number of benzene rings is 1. The third-order valence-corrected chi connectivity index (χ3v) is 6.37. The van der Waals surface area contributed by atoms with Gasteiger partial charge in [0.25, 0.3) is 0 Å². The number of carboxylic acids is 1. The molecule has 2 rings (SSSR count). The third kappa shape index (κ3) is 9.84. The van der Waals surface area contributed by atoms with Crippen LogP contribution in [0.3, 0.4) is 0 Å². The lowest BCUT2D eigenvalue weighted by Gasteiger charge is -2.28. The van der Waals surface area contributed by atoms with Gasteiger partial charge < -0.3 is 15.7 Å². The van der Waals surface area contributed by atoms with E-state index in [1.54, 1.807) is 0 Å². The first-order valence-electron chi connectivity index (χ1n) is 12.2. The van der Waals surface area contributed by atoms with Crippen molar-refractivity contribution in [2.75, 3.05) is 6.54 Å². The van der Waals surface area contributed by atoms with Crippen molar-refractivity contribution in [3.8, 4) is 0 Å². The zero-order valence-corrected chi connectivity index (χ0v) is 19.6. The maximum atomic E-state index is 13.0. The summed E-state index contributed by atoms with van der Waals surface area (Å²) in [5, 5.41) is 15.2. The molecule has 1 aliphatic carbocycles. The average molecular weight is 445 g/mol. The molecule has 0 unspecified atom stereocenters. The van der Waals surface area contributed by atoms with Crippen molar-refractivity contribution in [1.82, 2.24) is 10.6 Å². The third-order valence-electron chi connectivity index (χ3n) is 6.37. The lowest BCUT2D eigenvalue weighted by atomic mass is 9.84. The van der Waals surface area contributed by atoms with Crippen LogP contribution in [0.25, 0.3) is 0 Å². The van der Waals surface area contributed by atoms with Gasteiger partial charge >= 0.3 is 5.97 Å². The summed E-state index contributed by atoms with van der Waals surface area (Å²) in [6, 6.07) is 9.35. The maximum Gasteiger partial charge on any atom is 0.304 e. The van der Waals surface area contributed by atoms with Gasteiger partial charge in [-0.1, -0.05) is 82.7 Å². The summed E-state index contributed by atoms with van der Waals surface area (Å²) in [6.07, 6.45) is 8.15. The molecular formula is C26H40N2O4. The van der Waals surface area contributed by atoms with Crippen molar-refractivity contribution in [3.63, 3.8) is 0 Å². The molecule has 1 aliphatic rings. The number of rotatable bonds is 13. The molecule has 1 aromatic rings. The fourth-order valence-electron chi connectivity index (χ4n) is 4.45. The second-order valence-corrected chi connectivity index (χ2v) is 9.59. The van der Waals surface area contributed by atoms with Gasteiger partial charge in [-0.05, 0) is 36.7 Å². The number of hydrogen-bond acceptors (Lipinski definition) is 3. The maximum absolute atomic E-state index is 13.0. The van der Waals surface area contributed by atoms with E-state index in [4.69, 9.17) is 0 Å². The minimum atomic E-state index is -0.981. The Morgan fingerprint density at radius 3 is 2.31 bits per heavy atom. The van der Waals surface area contributed by atoms with E-state index in [1.807, 2.05) is 30.3 Å². The van der Waals surface area contributed by atoms with Gasteiger partial charge in [-0.25, -0.2) is 0 Å². The molecule has 1 saturated carbocycles. The fourth-order valence-corrected chi connectivity index (χ4v) is 4.45. The van der Waals surface area contributed by atoms with Gasteiger partial charge in [0.15, 0.2) is 0 Å². The highest BCUT2D eigenvalue weighted by Crippen LogP contribution is 2.27. The Balaban J connectivity index is 2.00. The topological polar surface area (TPSA) is 95.5 Å². The number of carboxylic acid groups (broad SMARTS) is 1. The van der Waals surface area contributed by atoms with Crippen LogP contribution in [0.1, 0.15) is 77.2 Å². The average Bonchev–Trinajstić information content (AvgIpc) is 2.77. The smallest absolute Gasteiger partial charge is 0.304 e. The van der Waals surface area contributed by atoms with Gasteiger partial charge in [0, 0.05) is 12.5 Å². The zero-order chi connectivity index (χ0) is 23.3. The molecule has 0 heterocycles. The van der Waals surface area contributed by atoms with E-state index in [0.717, 1.165) is 44.1 Å². The fraction of sp³-hybridized carbons (Fsp3) is 0.654. The van der Waals surface area contributed by atoms with Crippen molar-refractivity contribution >= 4 is 17.8 Å². The monoisotopic (exact) mass is 444 g/mol. The largest absolute Gasteiger partial charge is 0.481 e. The molecule has 0 aromatic heterocycles. The van der Waals surface area contributed by atoms with Crippen LogP contribution in [0.4, 0.5) is 0 Å². The Morgan fingerprint density at radius 2 is 1.69 bits per heavy atom. The number of carbonyl (C=O) groups excluding carboxylic acids is 2. The van der Waals surface area contributed by atoms with E-state index in [9.17, 15) is 19.5 Å². The standard InChI is InChI=1S/C26H40N2O4/c1-19(2)13-14-22(18-24(29)30)25(31)28-23(17-21-11-7-4-8-12-21)26(32)27-16-15-20-9-5-3-6-10-20/h3,5-6,9-10,19,21-23H,4,7-8,11-18H2,1-2H3,(H,27,32)(H,28,31)(H,29,30)/t22-,23+/m1/s1. The van der Waals surface area contributed by atoms with Gasteiger partial charge in [0.2, 0.25) is 11.8 Å². The van der Waals surface area contributed by atoms with E-state index in [1.165, 1.54) is 6.42 Å². The number of carbonyl (C=O) groups is 3. The lowest BCUT2D eigenvalue weighted by Crippen LogP contribution is -2.50. The summed E-state index contributed by atoms with van der Waals surface area (Å²) in [4.78, 5) is 37.3. The summed E-state index contributed by atoms with van der Waals surface area (Å²) < 4.78 is 0. The van der Waals surface area contributed by atoms with Crippen molar-refractivity contribution in [3.05, 3.63) is 35.9 Å². The first-order chi connectivity index (χ1) is 15.3. The quantitative estimate of drug-likeness (QED) is 0.422. The van der Waals surface area contributed by atoms with Gasteiger partial charge in [-0.3, -0.25) is 14.4 Å². The van der Waals surface area contributed by atoms with Crippen LogP contribution in [0.5, 0.6) is 0 Å². The zero-order valence-electron chi connectivity index (χ0n) is 19.6. The summed E-state index contributed by atoms with van der Waals surface area (Å²) >= 11 is 0. The number of hydrogen-bond donors (Lipinski definition) is 3. The summed E-state index contributed by atoms with van der Waals surface area (Å²) in [5.41, 5.74) is 1.15. The van der Waals surface area contributed by atoms with Crippen LogP contribution in [0, 0.1) is 17.8 Å². The number of amides is 2.